The molecule has 140 valence electrons. The number of nitrogens with zero attached hydrogens (tertiary/aromatic N) is 2. The average molecular weight is 368 g/mol. The number of ether oxygens (including phenoxy) is 2. The third-order valence-electron chi connectivity index (χ3n) is 5.36. The van der Waals surface area contributed by atoms with Crippen LogP contribution >= 0.6 is 0 Å². The number of morpholine rings is 1. The molecule has 0 radical (unpaired) electrons. The molecule has 2 aliphatic heterocycles. The van der Waals surface area contributed by atoms with Crippen LogP contribution in [0.3, 0.4) is 0 Å². The van der Waals surface area contributed by atoms with Crippen molar-refractivity contribution in [3.8, 4) is 0 Å². The molecule has 25 heavy (non-hydrogen) atoms. The number of likely N-dealkylation sites (tertiary alicyclic amines) is 1. The lowest BCUT2D eigenvalue weighted by atomic mass is 9.93. The van der Waals surface area contributed by atoms with Crippen LogP contribution in [0.1, 0.15) is 25.3 Å². The first-order valence-corrected chi connectivity index (χ1v) is 10.3. The summed E-state index contributed by atoms with van der Waals surface area (Å²) in [6.45, 7) is 6.39. The summed E-state index contributed by atoms with van der Waals surface area (Å²) in [5.74, 6) is 0. The summed E-state index contributed by atoms with van der Waals surface area (Å²) in [4.78, 5) is 2.74. The second-order valence-electron chi connectivity index (χ2n) is 7.05. The van der Waals surface area contributed by atoms with Crippen molar-refractivity contribution < 1.29 is 17.9 Å². The first-order valence-electron chi connectivity index (χ1n) is 8.88. The first kappa shape index (κ1) is 18.8. The van der Waals surface area contributed by atoms with Crippen molar-refractivity contribution >= 4 is 10.0 Å². The Morgan fingerprint density at radius 2 is 1.76 bits per heavy atom. The number of rotatable bonds is 5. The zero-order chi connectivity index (χ0) is 17.9. The van der Waals surface area contributed by atoms with Gasteiger partial charge in [-0.15, -0.1) is 0 Å². The summed E-state index contributed by atoms with van der Waals surface area (Å²) in [7, 11) is -1.71. The molecule has 0 aromatic heterocycles. The van der Waals surface area contributed by atoms with E-state index in [9.17, 15) is 8.42 Å². The number of hydrogen-bond donors (Lipinski definition) is 0. The molecule has 2 heterocycles. The van der Waals surface area contributed by atoms with Crippen molar-refractivity contribution in [2.75, 3.05) is 46.5 Å². The Morgan fingerprint density at radius 1 is 1.12 bits per heavy atom. The quantitative estimate of drug-likeness (QED) is 0.792. The van der Waals surface area contributed by atoms with Gasteiger partial charge in [0.05, 0.1) is 23.7 Å². The molecule has 6 nitrogen and oxygen atoms in total. The van der Waals surface area contributed by atoms with E-state index in [0.29, 0.717) is 37.7 Å². The van der Waals surface area contributed by atoms with E-state index < -0.39 is 10.0 Å². The molecule has 2 fully saturated rings. The van der Waals surface area contributed by atoms with Gasteiger partial charge in [-0.1, -0.05) is 18.2 Å². The minimum atomic E-state index is -3.47. The van der Waals surface area contributed by atoms with E-state index in [2.05, 4.69) is 11.8 Å². The summed E-state index contributed by atoms with van der Waals surface area (Å²) >= 11 is 0. The van der Waals surface area contributed by atoms with Gasteiger partial charge in [0.2, 0.25) is 10.0 Å². The summed E-state index contributed by atoms with van der Waals surface area (Å²) in [5.41, 5.74) is 0.811. The number of methoxy groups -OCH3 is 1. The van der Waals surface area contributed by atoms with Crippen molar-refractivity contribution in [1.82, 2.24) is 9.21 Å². The van der Waals surface area contributed by atoms with E-state index in [1.807, 2.05) is 12.1 Å². The fourth-order valence-corrected chi connectivity index (χ4v) is 5.06. The second kappa shape index (κ2) is 7.72. The van der Waals surface area contributed by atoms with Gasteiger partial charge < -0.3 is 9.47 Å². The highest BCUT2D eigenvalue weighted by Gasteiger charge is 2.32. The molecule has 0 saturated carbocycles. The molecule has 1 aromatic rings. The van der Waals surface area contributed by atoms with Gasteiger partial charge in [-0.2, -0.15) is 4.31 Å². The van der Waals surface area contributed by atoms with Crippen LogP contribution in [0.25, 0.3) is 0 Å². The molecule has 2 aliphatic rings. The highest BCUT2D eigenvalue weighted by molar-refractivity contribution is 7.89. The minimum Gasteiger partial charge on any atom is -0.379 e. The molecule has 0 unspecified atom stereocenters. The van der Waals surface area contributed by atoms with Crippen LogP contribution in [-0.4, -0.2) is 69.7 Å². The van der Waals surface area contributed by atoms with Crippen LogP contribution in [0, 0.1) is 0 Å². The fourth-order valence-electron chi connectivity index (χ4n) is 3.44. The van der Waals surface area contributed by atoms with Crippen LogP contribution in [-0.2, 0) is 26.0 Å². The normalized spacial score (nSPS) is 22.8. The highest BCUT2D eigenvalue weighted by atomic mass is 32.2. The van der Waals surface area contributed by atoms with Gasteiger partial charge in [-0.05, 0) is 31.4 Å². The molecule has 1 aromatic carbocycles. The number of sulfonamides is 1. The molecular formula is C18H28N2O4S. The monoisotopic (exact) mass is 368 g/mol. The number of benzene rings is 1. The standard InChI is InChI=1S/C18H28N2O4S/c1-18(23-2)7-9-19(10-8-18)15-16-5-3-4-6-17(16)25(21,22)20-11-13-24-14-12-20/h3-6H,7-15H2,1-2H3. The van der Waals surface area contributed by atoms with Gasteiger partial charge in [0.15, 0.2) is 0 Å². The number of piperidine rings is 1. The Balaban J connectivity index is 1.75. The maximum absolute atomic E-state index is 13.0. The van der Waals surface area contributed by atoms with Gasteiger partial charge >= 0.3 is 0 Å². The molecule has 0 spiro atoms. The Bertz CT molecular complexity index is 678. The highest BCUT2D eigenvalue weighted by Crippen LogP contribution is 2.28. The van der Waals surface area contributed by atoms with Crippen molar-refractivity contribution in [3.05, 3.63) is 29.8 Å². The van der Waals surface area contributed by atoms with E-state index in [0.717, 1.165) is 31.5 Å². The summed E-state index contributed by atoms with van der Waals surface area (Å²) in [5, 5.41) is 0. The molecule has 7 heteroatoms. The smallest absolute Gasteiger partial charge is 0.243 e. The van der Waals surface area contributed by atoms with E-state index in [4.69, 9.17) is 9.47 Å². The van der Waals surface area contributed by atoms with Crippen LogP contribution in [0.15, 0.2) is 29.2 Å². The third kappa shape index (κ3) is 4.23. The molecule has 0 N–H and O–H groups in total. The lowest BCUT2D eigenvalue weighted by Gasteiger charge is -2.38. The van der Waals surface area contributed by atoms with Gasteiger partial charge in [0.1, 0.15) is 0 Å². The van der Waals surface area contributed by atoms with Crippen LogP contribution in [0.2, 0.25) is 0 Å². The molecular weight excluding hydrogens is 340 g/mol. The van der Waals surface area contributed by atoms with Gasteiger partial charge in [-0.25, -0.2) is 8.42 Å². The zero-order valence-corrected chi connectivity index (χ0v) is 15.9. The molecule has 0 atom stereocenters. The van der Waals surface area contributed by atoms with E-state index in [1.165, 1.54) is 4.31 Å². The van der Waals surface area contributed by atoms with Crippen LogP contribution < -0.4 is 0 Å². The summed E-state index contributed by atoms with van der Waals surface area (Å²) in [6.07, 6.45) is 1.92. The van der Waals surface area contributed by atoms with Crippen LogP contribution in [0.5, 0.6) is 0 Å². The third-order valence-corrected chi connectivity index (χ3v) is 7.36. The van der Waals surface area contributed by atoms with E-state index in [1.54, 1.807) is 19.2 Å². The van der Waals surface area contributed by atoms with Crippen molar-refractivity contribution in [2.45, 2.75) is 36.8 Å². The fraction of sp³-hybridized carbons (Fsp3) is 0.667. The Labute approximate surface area is 150 Å². The minimum absolute atomic E-state index is 0.0596. The topological polar surface area (TPSA) is 59.1 Å². The molecule has 3 rings (SSSR count). The van der Waals surface area contributed by atoms with Crippen molar-refractivity contribution in [3.63, 3.8) is 0 Å². The summed E-state index contributed by atoms with van der Waals surface area (Å²) < 4.78 is 38.5. The van der Waals surface area contributed by atoms with E-state index in [-0.39, 0.29) is 5.60 Å². The second-order valence-corrected chi connectivity index (χ2v) is 8.96. The SMILES string of the molecule is COC1(C)CCN(Cc2ccccc2S(=O)(=O)N2CCOCC2)CC1. The Kier molecular flexibility index (Phi) is 5.80. The zero-order valence-electron chi connectivity index (χ0n) is 15.1. The predicted octanol–water partition coefficient (Wildman–Crippen LogP) is 1.71. The average Bonchev–Trinajstić information content (AvgIpc) is 2.65. The Morgan fingerprint density at radius 3 is 2.40 bits per heavy atom. The van der Waals surface area contributed by atoms with Gasteiger partial charge in [0, 0.05) is 39.8 Å². The predicted molar refractivity (Wildman–Crippen MR) is 95.9 cm³/mol. The molecule has 0 aliphatic carbocycles. The maximum Gasteiger partial charge on any atom is 0.243 e. The van der Waals surface area contributed by atoms with Crippen molar-refractivity contribution in [1.29, 1.82) is 0 Å². The van der Waals surface area contributed by atoms with Crippen LogP contribution in [0.4, 0.5) is 0 Å². The largest absolute Gasteiger partial charge is 0.379 e. The lowest BCUT2D eigenvalue weighted by Crippen LogP contribution is -2.44. The van der Waals surface area contributed by atoms with Gasteiger partial charge in [0.25, 0.3) is 0 Å². The first-order chi connectivity index (χ1) is 11.9. The molecule has 0 bridgehead atoms. The molecule has 2 saturated heterocycles. The van der Waals surface area contributed by atoms with E-state index >= 15 is 0 Å². The summed E-state index contributed by atoms with van der Waals surface area (Å²) in [6, 6.07) is 7.37. The van der Waals surface area contributed by atoms with Gasteiger partial charge in [-0.3, -0.25) is 4.90 Å². The van der Waals surface area contributed by atoms with Crippen molar-refractivity contribution in [2.24, 2.45) is 0 Å². The Hall–Kier alpha value is -0.990. The maximum atomic E-state index is 13.0. The lowest BCUT2D eigenvalue weighted by molar-refractivity contribution is -0.0441. The molecule has 0 amide bonds. The number of hydrogen-bond acceptors (Lipinski definition) is 5.